The van der Waals surface area contributed by atoms with Crippen molar-refractivity contribution < 1.29 is 4.79 Å². The van der Waals surface area contributed by atoms with Crippen LogP contribution in [0.25, 0.3) is 0 Å². The van der Waals surface area contributed by atoms with Gasteiger partial charge in [-0.3, -0.25) is 15.2 Å². The van der Waals surface area contributed by atoms with E-state index < -0.39 is 0 Å². The number of aromatic nitrogens is 4. The predicted octanol–water partition coefficient (Wildman–Crippen LogP) is 2.66. The van der Waals surface area contributed by atoms with Crippen LogP contribution in [-0.4, -0.2) is 37.7 Å². The van der Waals surface area contributed by atoms with Gasteiger partial charge in [0, 0.05) is 18.3 Å². The van der Waals surface area contributed by atoms with E-state index in [1.807, 2.05) is 49.2 Å². The molecule has 2 heterocycles. The maximum Gasteiger partial charge on any atom is 0.249 e. The minimum absolute atomic E-state index is 0.0884. The molecule has 1 atom stereocenters. The molecule has 0 aliphatic rings. The standard InChI is InChI=1S/C14H21N5OS/c1-10(2)12-15-14(18-17-12)16-13(20)11(6-9-21-3)19-7-4-5-8-19/h4-5,7-8,10-11H,6,9H2,1-3H3,(H2,15,16,17,18,20). The topological polar surface area (TPSA) is 75.6 Å². The fourth-order valence-electron chi connectivity index (χ4n) is 1.98. The Labute approximate surface area is 128 Å². The average Bonchev–Trinajstić information content (AvgIpc) is 3.10. The monoisotopic (exact) mass is 307 g/mol. The van der Waals surface area contributed by atoms with Crippen LogP contribution in [0.2, 0.25) is 0 Å². The Morgan fingerprint density at radius 2 is 2.14 bits per heavy atom. The molecule has 2 rings (SSSR count). The lowest BCUT2D eigenvalue weighted by molar-refractivity contribution is -0.119. The molecule has 0 saturated heterocycles. The number of amides is 1. The number of nitrogens with zero attached hydrogens (tertiary/aromatic N) is 3. The van der Waals surface area contributed by atoms with Crippen molar-refractivity contribution in [2.75, 3.05) is 17.3 Å². The van der Waals surface area contributed by atoms with Crippen LogP contribution >= 0.6 is 11.8 Å². The van der Waals surface area contributed by atoms with Crippen LogP contribution < -0.4 is 5.32 Å². The third-order valence-electron chi connectivity index (χ3n) is 3.17. The molecule has 114 valence electrons. The van der Waals surface area contributed by atoms with E-state index >= 15 is 0 Å². The molecule has 0 radical (unpaired) electrons. The molecule has 0 aliphatic carbocycles. The van der Waals surface area contributed by atoms with Gasteiger partial charge in [0.2, 0.25) is 11.9 Å². The van der Waals surface area contributed by atoms with Crippen LogP contribution in [0.5, 0.6) is 0 Å². The van der Waals surface area contributed by atoms with Gasteiger partial charge in [0.25, 0.3) is 0 Å². The number of nitrogens with one attached hydrogen (secondary N) is 2. The summed E-state index contributed by atoms with van der Waals surface area (Å²) in [5, 5.41) is 9.67. The predicted molar refractivity (Wildman–Crippen MR) is 85.6 cm³/mol. The first-order chi connectivity index (χ1) is 10.1. The molecule has 2 N–H and O–H groups in total. The van der Waals surface area contributed by atoms with E-state index in [0.29, 0.717) is 5.95 Å². The molecule has 0 saturated carbocycles. The molecule has 2 aromatic rings. The Kier molecular flexibility index (Phi) is 5.44. The first-order valence-corrected chi connectivity index (χ1v) is 8.35. The van der Waals surface area contributed by atoms with E-state index in [2.05, 4.69) is 20.5 Å². The van der Waals surface area contributed by atoms with Crippen LogP contribution in [-0.2, 0) is 4.79 Å². The van der Waals surface area contributed by atoms with Gasteiger partial charge in [-0.1, -0.05) is 13.8 Å². The number of thioether (sulfide) groups is 1. The molecular formula is C14H21N5OS. The van der Waals surface area contributed by atoms with Crippen molar-refractivity contribution in [1.82, 2.24) is 19.7 Å². The first-order valence-electron chi connectivity index (χ1n) is 6.96. The number of hydrogen-bond donors (Lipinski definition) is 2. The summed E-state index contributed by atoms with van der Waals surface area (Å²) in [5.41, 5.74) is 0. The van der Waals surface area contributed by atoms with Gasteiger partial charge in [-0.05, 0) is 30.6 Å². The van der Waals surface area contributed by atoms with E-state index in [1.165, 1.54) is 0 Å². The van der Waals surface area contributed by atoms with Crippen LogP contribution in [0.15, 0.2) is 24.5 Å². The third kappa shape index (κ3) is 4.10. The number of hydrogen-bond acceptors (Lipinski definition) is 4. The van der Waals surface area contributed by atoms with Crippen LogP contribution in [0, 0.1) is 0 Å². The summed E-state index contributed by atoms with van der Waals surface area (Å²) in [6.07, 6.45) is 6.61. The summed E-state index contributed by atoms with van der Waals surface area (Å²) in [5.74, 6) is 2.19. The van der Waals surface area contributed by atoms with E-state index in [0.717, 1.165) is 18.0 Å². The molecule has 7 heteroatoms. The van der Waals surface area contributed by atoms with Gasteiger partial charge in [-0.25, -0.2) is 0 Å². The second-order valence-corrected chi connectivity index (χ2v) is 6.10. The Morgan fingerprint density at radius 1 is 1.43 bits per heavy atom. The average molecular weight is 307 g/mol. The summed E-state index contributed by atoms with van der Waals surface area (Å²) in [6.45, 7) is 4.04. The smallest absolute Gasteiger partial charge is 0.249 e. The molecular weight excluding hydrogens is 286 g/mol. The normalized spacial score (nSPS) is 12.6. The van der Waals surface area contributed by atoms with Crippen molar-refractivity contribution >= 4 is 23.6 Å². The van der Waals surface area contributed by atoms with Gasteiger partial charge in [0.1, 0.15) is 11.9 Å². The quantitative estimate of drug-likeness (QED) is 0.824. The zero-order valence-corrected chi connectivity index (χ0v) is 13.4. The Bertz CT molecular complexity index is 564. The van der Waals surface area contributed by atoms with Gasteiger partial charge < -0.3 is 4.57 Å². The van der Waals surface area contributed by atoms with Gasteiger partial charge in [-0.2, -0.15) is 16.7 Å². The zero-order valence-electron chi connectivity index (χ0n) is 12.5. The summed E-state index contributed by atoms with van der Waals surface area (Å²) in [6, 6.07) is 3.60. The minimum Gasteiger partial charge on any atom is -0.342 e. The molecule has 1 unspecified atom stereocenters. The molecule has 0 spiro atoms. The zero-order chi connectivity index (χ0) is 15.2. The van der Waals surface area contributed by atoms with Crippen molar-refractivity contribution in [3.05, 3.63) is 30.4 Å². The molecule has 1 amide bonds. The Hall–Kier alpha value is -1.76. The number of anilines is 1. The lowest BCUT2D eigenvalue weighted by Gasteiger charge is -2.17. The largest absolute Gasteiger partial charge is 0.342 e. The maximum atomic E-state index is 12.5. The third-order valence-corrected chi connectivity index (χ3v) is 3.81. The van der Waals surface area contributed by atoms with Crippen molar-refractivity contribution in [2.24, 2.45) is 0 Å². The Morgan fingerprint density at radius 3 is 2.71 bits per heavy atom. The first kappa shape index (κ1) is 15.6. The number of carbonyl (C=O) groups is 1. The summed E-state index contributed by atoms with van der Waals surface area (Å²) < 4.78 is 1.92. The highest BCUT2D eigenvalue weighted by molar-refractivity contribution is 7.98. The number of carbonyl (C=O) groups excluding carboxylic acids is 1. The second-order valence-electron chi connectivity index (χ2n) is 5.12. The van der Waals surface area contributed by atoms with E-state index in [1.54, 1.807) is 11.8 Å². The van der Waals surface area contributed by atoms with Crippen molar-refractivity contribution in [3.8, 4) is 0 Å². The summed E-state index contributed by atoms with van der Waals surface area (Å²) in [7, 11) is 0. The molecule has 2 aromatic heterocycles. The van der Waals surface area contributed by atoms with Gasteiger partial charge >= 0.3 is 0 Å². The van der Waals surface area contributed by atoms with Gasteiger partial charge in [0.15, 0.2) is 0 Å². The molecule has 0 aliphatic heterocycles. The number of rotatable bonds is 7. The highest BCUT2D eigenvalue weighted by Crippen LogP contribution is 2.17. The van der Waals surface area contributed by atoms with Crippen molar-refractivity contribution in [2.45, 2.75) is 32.2 Å². The van der Waals surface area contributed by atoms with Crippen LogP contribution in [0.1, 0.15) is 38.1 Å². The molecule has 21 heavy (non-hydrogen) atoms. The lowest BCUT2D eigenvalue weighted by atomic mass is 10.2. The van der Waals surface area contributed by atoms with E-state index in [-0.39, 0.29) is 17.9 Å². The molecule has 6 nitrogen and oxygen atoms in total. The number of H-pyrrole nitrogens is 1. The van der Waals surface area contributed by atoms with Crippen LogP contribution in [0.4, 0.5) is 5.95 Å². The fourth-order valence-corrected chi connectivity index (χ4v) is 2.44. The summed E-state index contributed by atoms with van der Waals surface area (Å²) >= 11 is 1.73. The maximum absolute atomic E-state index is 12.5. The fraction of sp³-hybridized carbons (Fsp3) is 0.500. The van der Waals surface area contributed by atoms with Crippen molar-refractivity contribution in [3.63, 3.8) is 0 Å². The highest BCUT2D eigenvalue weighted by atomic mass is 32.2. The SMILES string of the molecule is CSCCC(C(=O)Nc1n[nH]c(C(C)C)n1)n1cccc1. The van der Waals surface area contributed by atoms with Crippen LogP contribution in [0.3, 0.4) is 0 Å². The van der Waals surface area contributed by atoms with Gasteiger partial charge in [-0.15, -0.1) is 5.10 Å². The summed E-state index contributed by atoms with van der Waals surface area (Å²) in [4.78, 5) is 16.7. The molecule has 0 fully saturated rings. The Balaban J connectivity index is 2.07. The lowest BCUT2D eigenvalue weighted by Crippen LogP contribution is -2.26. The van der Waals surface area contributed by atoms with E-state index in [9.17, 15) is 4.79 Å². The van der Waals surface area contributed by atoms with E-state index in [4.69, 9.17) is 0 Å². The number of aromatic amines is 1. The van der Waals surface area contributed by atoms with Crippen molar-refractivity contribution in [1.29, 1.82) is 0 Å². The minimum atomic E-state index is -0.242. The molecule has 0 aromatic carbocycles. The highest BCUT2D eigenvalue weighted by Gasteiger charge is 2.21. The second kappa shape index (κ2) is 7.31. The van der Waals surface area contributed by atoms with Gasteiger partial charge in [0.05, 0.1) is 0 Å². The molecule has 0 bridgehead atoms.